The van der Waals surface area contributed by atoms with Crippen LogP contribution in [0.1, 0.15) is 88.5 Å². The summed E-state index contributed by atoms with van der Waals surface area (Å²) in [7, 11) is 0. The van der Waals surface area contributed by atoms with E-state index in [1.54, 1.807) is 11.8 Å². The summed E-state index contributed by atoms with van der Waals surface area (Å²) >= 11 is 2.76. The number of rotatable bonds is 7. The van der Waals surface area contributed by atoms with Gasteiger partial charge in [0.2, 0.25) is 11.8 Å². The minimum Gasteiger partial charge on any atom is -0.343 e. The van der Waals surface area contributed by atoms with Crippen molar-refractivity contribution in [2.75, 3.05) is 6.26 Å². The minimum absolute atomic E-state index is 0.00669. The molecule has 1 N–H and O–H groups in total. The fourth-order valence-corrected chi connectivity index (χ4v) is 5.51. The van der Waals surface area contributed by atoms with Crippen LogP contribution in [0.3, 0.4) is 0 Å². The van der Waals surface area contributed by atoms with Gasteiger partial charge in [0.25, 0.3) is 0 Å². The molecule has 0 aromatic rings. The molecule has 7 heteroatoms. The molecule has 0 aliphatic carbocycles. The van der Waals surface area contributed by atoms with Gasteiger partial charge in [0, 0.05) is 13.0 Å². The molecule has 0 bridgehead atoms. The molecule has 0 saturated carbocycles. The Bertz CT molecular complexity index is 515. The predicted octanol–water partition coefficient (Wildman–Crippen LogP) is 5.57. The number of nitrogens with zero attached hydrogens (tertiary/aromatic N) is 1. The summed E-state index contributed by atoms with van der Waals surface area (Å²) in [4.78, 5) is 39.5. The Morgan fingerprint density at radius 2 is 1.67 bits per heavy atom. The third kappa shape index (κ3) is 9.63. The molecule has 1 heterocycles. The van der Waals surface area contributed by atoms with Crippen LogP contribution in [0.2, 0.25) is 0 Å². The van der Waals surface area contributed by atoms with Crippen molar-refractivity contribution >= 4 is 40.5 Å². The number of hydrogen-bond acceptors (Lipinski definition) is 5. The van der Waals surface area contributed by atoms with Gasteiger partial charge in [0.1, 0.15) is 6.04 Å². The normalized spacial score (nSPS) is 23.3. The summed E-state index contributed by atoms with van der Waals surface area (Å²) < 4.78 is 0. The summed E-state index contributed by atoms with van der Waals surface area (Å²) in [6.07, 6.45) is 4.37. The molecule has 0 aromatic carbocycles. The molecule has 1 aliphatic heterocycles. The Morgan fingerprint density at radius 3 is 2.07 bits per heavy atom. The second-order valence-corrected chi connectivity index (χ2v) is 9.77. The van der Waals surface area contributed by atoms with Crippen LogP contribution in [0.4, 0.5) is 0 Å². The standard InChI is InChI=1S/C19H34N2O3S2.2C2H6/c1-8-12(4)16(26-14(6)22)17(23)20-15-10-9-13(5)19(25-7)21(11(2)3)18(15)24;2*1-2/h11-13,15-16,19H,8-10H2,1-7H3,(H,20,23);2*1-2H3/t12-,13-,15?,16?,19?;;/m0../s1. The summed E-state index contributed by atoms with van der Waals surface area (Å²) in [6.45, 7) is 19.7. The zero-order valence-electron chi connectivity index (χ0n) is 21.1. The third-order valence-electron chi connectivity index (χ3n) is 5.05. The molecule has 2 amide bonds. The number of thioether (sulfide) groups is 2. The van der Waals surface area contributed by atoms with E-state index >= 15 is 0 Å². The Morgan fingerprint density at radius 1 is 1.13 bits per heavy atom. The van der Waals surface area contributed by atoms with Gasteiger partial charge >= 0.3 is 0 Å². The Hall–Kier alpha value is -0.690. The molecule has 0 radical (unpaired) electrons. The number of likely N-dealkylation sites (tertiary alicyclic amines) is 1. The molecular formula is C23H46N2O3S2. The van der Waals surface area contributed by atoms with Gasteiger partial charge in [-0.05, 0) is 44.8 Å². The van der Waals surface area contributed by atoms with Crippen LogP contribution >= 0.6 is 23.5 Å². The third-order valence-corrected chi connectivity index (χ3v) is 7.49. The number of carbonyl (C=O) groups excluding carboxylic acids is 3. The van der Waals surface area contributed by atoms with Crippen molar-refractivity contribution in [3.05, 3.63) is 0 Å². The minimum atomic E-state index is -0.511. The van der Waals surface area contributed by atoms with Crippen LogP contribution in [-0.2, 0) is 14.4 Å². The lowest BCUT2D eigenvalue weighted by atomic mass is 10.0. The summed E-state index contributed by atoms with van der Waals surface area (Å²) in [5.74, 6) is 0.240. The molecule has 1 rings (SSSR count). The van der Waals surface area contributed by atoms with Crippen molar-refractivity contribution in [1.29, 1.82) is 0 Å². The molecule has 0 aromatic heterocycles. The van der Waals surface area contributed by atoms with E-state index in [0.717, 1.165) is 24.6 Å². The first-order chi connectivity index (χ1) is 14.1. The van der Waals surface area contributed by atoms with Crippen LogP contribution < -0.4 is 5.32 Å². The van der Waals surface area contributed by atoms with E-state index in [4.69, 9.17) is 0 Å². The lowest BCUT2D eigenvalue weighted by molar-refractivity contribution is -0.138. The zero-order valence-corrected chi connectivity index (χ0v) is 22.7. The van der Waals surface area contributed by atoms with Crippen molar-refractivity contribution < 1.29 is 14.4 Å². The second kappa shape index (κ2) is 16.9. The van der Waals surface area contributed by atoms with Gasteiger partial charge in [-0.3, -0.25) is 14.4 Å². The van der Waals surface area contributed by atoms with E-state index in [2.05, 4.69) is 12.2 Å². The van der Waals surface area contributed by atoms with Gasteiger partial charge in [-0.1, -0.05) is 66.6 Å². The van der Waals surface area contributed by atoms with Gasteiger partial charge in [-0.25, -0.2) is 0 Å². The van der Waals surface area contributed by atoms with E-state index in [1.807, 2.05) is 66.5 Å². The second-order valence-electron chi connectivity index (χ2n) is 7.50. The molecular weight excluding hydrogens is 416 g/mol. The maximum absolute atomic E-state index is 13.1. The maximum Gasteiger partial charge on any atom is 0.246 e. The molecule has 30 heavy (non-hydrogen) atoms. The lowest BCUT2D eigenvalue weighted by Crippen LogP contribution is -2.54. The monoisotopic (exact) mass is 462 g/mol. The fourth-order valence-electron chi connectivity index (χ4n) is 3.38. The zero-order chi connectivity index (χ0) is 24.0. The van der Waals surface area contributed by atoms with Crippen LogP contribution in [0.5, 0.6) is 0 Å². The Balaban J connectivity index is 0. The predicted molar refractivity (Wildman–Crippen MR) is 134 cm³/mol. The SMILES string of the molecule is CC.CC.CC[C@H](C)C(SC(C)=O)C(=O)NC1CC[C@H](C)C(SC)N(C(C)C)C1=O. The first kappa shape index (κ1) is 31.5. The first-order valence-corrected chi connectivity index (χ1v) is 13.6. The molecule has 0 spiro atoms. The Kier molecular flexibility index (Phi) is 17.8. The number of carbonyl (C=O) groups is 3. The average molecular weight is 463 g/mol. The molecule has 1 saturated heterocycles. The molecule has 5 nitrogen and oxygen atoms in total. The molecule has 5 atom stereocenters. The van der Waals surface area contributed by atoms with Gasteiger partial charge in [0.05, 0.1) is 10.6 Å². The van der Waals surface area contributed by atoms with Gasteiger partial charge in [0.15, 0.2) is 5.12 Å². The van der Waals surface area contributed by atoms with Crippen LogP contribution in [0.15, 0.2) is 0 Å². The Labute approximate surface area is 194 Å². The summed E-state index contributed by atoms with van der Waals surface area (Å²) in [5, 5.41) is 2.57. The number of hydrogen-bond donors (Lipinski definition) is 1. The van der Waals surface area contributed by atoms with Crippen LogP contribution in [0, 0.1) is 11.8 Å². The highest BCUT2D eigenvalue weighted by Crippen LogP contribution is 2.32. The van der Waals surface area contributed by atoms with E-state index in [1.165, 1.54) is 6.92 Å². The van der Waals surface area contributed by atoms with Crippen LogP contribution in [0.25, 0.3) is 0 Å². The van der Waals surface area contributed by atoms with E-state index in [0.29, 0.717) is 12.3 Å². The quantitative estimate of drug-likeness (QED) is 0.535. The fraction of sp³-hybridized carbons (Fsp3) is 0.870. The van der Waals surface area contributed by atoms with Crippen molar-refractivity contribution in [2.45, 2.75) is 111 Å². The summed E-state index contributed by atoms with van der Waals surface area (Å²) in [5.41, 5.74) is 0. The van der Waals surface area contributed by atoms with Crippen molar-refractivity contribution in [2.24, 2.45) is 11.8 Å². The molecule has 3 unspecified atom stereocenters. The largest absolute Gasteiger partial charge is 0.343 e. The maximum atomic E-state index is 13.1. The lowest BCUT2D eigenvalue weighted by Gasteiger charge is -2.36. The highest BCUT2D eigenvalue weighted by molar-refractivity contribution is 8.14. The van der Waals surface area contributed by atoms with Gasteiger partial charge in [-0.2, -0.15) is 0 Å². The molecule has 1 aliphatic rings. The first-order valence-electron chi connectivity index (χ1n) is 11.5. The number of nitrogens with one attached hydrogen (secondary N) is 1. The highest BCUT2D eigenvalue weighted by atomic mass is 32.2. The topological polar surface area (TPSA) is 66.5 Å². The highest BCUT2D eigenvalue weighted by Gasteiger charge is 2.39. The van der Waals surface area contributed by atoms with E-state index < -0.39 is 11.3 Å². The van der Waals surface area contributed by atoms with Gasteiger partial charge < -0.3 is 10.2 Å². The van der Waals surface area contributed by atoms with Crippen molar-refractivity contribution in [1.82, 2.24) is 10.2 Å². The molecule has 1 fully saturated rings. The molecule has 178 valence electrons. The van der Waals surface area contributed by atoms with Gasteiger partial charge in [-0.15, -0.1) is 11.8 Å². The van der Waals surface area contributed by atoms with Crippen molar-refractivity contribution in [3.63, 3.8) is 0 Å². The van der Waals surface area contributed by atoms with E-state index in [-0.39, 0.29) is 34.3 Å². The average Bonchev–Trinajstić information content (AvgIpc) is 2.85. The van der Waals surface area contributed by atoms with E-state index in [9.17, 15) is 14.4 Å². The van der Waals surface area contributed by atoms with Crippen LogP contribution in [-0.4, -0.2) is 50.8 Å². The number of amides is 2. The smallest absolute Gasteiger partial charge is 0.246 e. The summed E-state index contributed by atoms with van der Waals surface area (Å²) in [6, 6.07) is -0.430. The van der Waals surface area contributed by atoms with Crippen molar-refractivity contribution in [3.8, 4) is 0 Å².